The summed E-state index contributed by atoms with van der Waals surface area (Å²) < 4.78 is 27.8. The Bertz CT molecular complexity index is 974. The topological polar surface area (TPSA) is 81.1 Å². The third-order valence-corrected chi connectivity index (χ3v) is 4.27. The fourth-order valence-electron chi connectivity index (χ4n) is 2.60. The molecule has 26 heavy (non-hydrogen) atoms. The highest BCUT2D eigenvalue weighted by molar-refractivity contribution is 6.33. The number of anilines is 3. The molecule has 5 nitrogen and oxygen atoms in total. The second kappa shape index (κ2) is 7.03. The van der Waals surface area contributed by atoms with Gasteiger partial charge in [-0.15, -0.1) is 0 Å². The molecule has 0 aliphatic heterocycles. The molecule has 0 aliphatic carbocycles. The first-order valence-electron chi connectivity index (χ1n) is 7.36. The smallest absolute Gasteiger partial charge is 0.159 e. The van der Waals surface area contributed by atoms with E-state index in [4.69, 9.17) is 34.8 Å². The zero-order chi connectivity index (χ0) is 19.0. The van der Waals surface area contributed by atoms with Crippen LogP contribution in [0.2, 0.25) is 10.0 Å². The van der Waals surface area contributed by atoms with Crippen LogP contribution < -0.4 is 16.6 Å². The highest BCUT2D eigenvalue weighted by atomic mass is 35.5. The Hall–Kier alpha value is -2.48. The van der Waals surface area contributed by atoms with Crippen LogP contribution in [0, 0.1) is 18.6 Å². The second-order valence-electron chi connectivity index (χ2n) is 5.48. The highest BCUT2D eigenvalue weighted by Gasteiger charge is 2.22. The monoisotopic (exact) mass is 395 g/mol. The maximum Gasteiger partial charge on any atom is 0.159 e. The van der Waals surface area contributed by atoms with Crippen LogP contribution in [0.15, 0.2) is 36.7 Å². The summed E-state index contributed by atoms with van der Waals surface area (Å²) in [7, 11) is 0. The van der Waals surface area contributed by atoms with Gasteiger partial charge < -0.3 is 5.73 Å². The maximum atomic E-state index is 14.4. The summed E-state index contributed by atoms with van der Waals surface area (Å²) >= 11 is 12.0. The van der Waals surface area contributed by atoms with Crippen molar-refractivity contribution in [2.24, 2.45) is 5.84 Å². The molecule has 0 saturated carbocycles. The van der Waals surface area contributed by atoms with Gasteiger partial charge in [-0.3, -0.25) is 5.01 Å². The predicted octanol–water partition coefficient (Wildman–Crippen LogP) is 4.63. The van der Waals surface area contributed by atoms with Crippen molar-refractivity contribution >= 4 is 40.4 Å². The Morgan fingerprint density at radius 1 is 1.08 bits per heavy atom. The van der Waals surface area contributed by atoms with E-state index in [-0.39, 0.29) is 27.2 Å². The molecule has 134 valence electrons. The number of nitrogens with two attached hydrogens (primary N) is 2. The number of aromatic nitrogens is 2. The number of benzene rings is 2. The first-order valence-corrected chi connectivity index (χ1v) is 8.11. The molecule has 0 unspecified atom stereocenters. The minimum Gasteiger partial charge on any atom is -0.397 e. The van der Waals surface area contributed by atoms with Gasteiger partial charge in [-0.2, -0.15) is 0 Å². The number of hydrogen-bond acceptors (Lipinski definition) is 5. The number of hydrazine groups is 1. The Kier molecular flexibility index (Phi) is 4.95. The molecule has 0 aliphatic rings. The van der Waals surface area contributed by atoms with Crippen LogP contribution in [0.25, 0.3) is 11.1 Å². The predicted molar refractivity (Wildman–Crippen MR) is 99.3 cm³/mol. The van der Waals surface area contributed by atoms with Gasteiger partial charge in [0.25, 0.3) is 0 Å². The van der Waals surface area contributed by atoms with Gasteiger partial charge in [0.05, 0.1) is 16.4 Å². The molecule has 3 aromatic rings. The van der Waals surface area contributed by atoms with Gasteiger partial charge in [0.15, 0.2) is 11.6 Å². The average molecular weight is 396 g/mol. The highest BCUT2D eigenvalue weighted by Crippen LogP contribution is 2.39. The summed E-state index contributed by atoms with van der Waals surface area (Å²) in [6.07, 6.45) is 1.27. The standard InChI is InChI=1S/C17H13Cl2F2N5/c1-8-15(11-3-2-10(20)6-12(11)19)17(25-7-24-8)26(23)16-13(21)4-9(18)5-14(16)22/h2-7H,22-23H2,1H3. The fourth-order valence-corrected chi connectivity index (χ4v) is 3.07. The number of aryl methyl sites for hydroxylation is 1. The Morgan fingerprint density at radius 3 is 2.46 bits per heavy atom. The first kappa shape index (κ1) is 18.3. The van der Waals surface area contributed by atoms with Gasteiger partial charge in [0, 0.05) is 16.1 Å². The molecule has 1 aromatic heterocycles. The van der Waals surface area contributed by atoms with Crippen LogP contribution >= 0.6 is 23.2 Å². The lowest BCUT2D eigenvalue weighted by Crippen LogP contribution is -2.29. The Morgan fingerprint density at radius 2 is 1.81 bits per heavy atom. The zero-order valence-corrected chi connectivity index (χ0v) is 15.0. The van der Waals surface area contributed by atoms with Crippen LogP contribution in [-0.4, -0.2) is 9.97 Å². The minimum absolute atomic E-state index is 0.0323. The summed E-state index contributed by atoms with van der Waals surface area (Å²) in [4.78, 5) is 8.27. The summed E-state index contributed by atoms with van der Waals surface area (Å²) in [5, 5.41) is 1.27. The molecule has 2 aromatic carbocycles. The molecule has 0 radical (unpaired) electrons. The largest absolute Gasteiger partial charge is 0.397 e. The molecule has 9 heteroatoms. The van der Waals surface area contributed by atoms with Crippen LogP contribution in [0.4, 0.5) is 26.0 Å². The molecule has 0 spiro atoms. The molecule has 0 fully saturated rings. The molecular formula is C17H13Cl2F2N5. The van der Waals surface area contributed by atoms with Gasteiger partial charge in [0.2, 0.25) is 0 Å². The van der Waals surface area contributed by atoms with Gasteiger partial charge in [-0.25, -0.2) is 24.6 Å². The number of rotatable bonds is 3. The van der Waals surface area contributed by atoms with Gasteiger partial charge in [-0.1, -0.05) is 23.2 Å². The van der Waals surface area contributed by atoms with Crippen molar-refractivity contribution in [3.63, 3.8) is 0 Å². The molecule has 0 bridgehead atoms. The van der Waals surface area contributed by atoms with Crippen molar-refractivity contribution in [1.82, 2.24) is 9.97 Å². The van der Waals surface area contributed by atoms with E-state index in [0.29, 0.717) is 16.8 Å². The summed E-state index contributed by atoms with van der Waals surface area (Å²) in [6.45, 7) is 1.70. The van der Waals surface area contributed by atoms with E-state index in [1.54, 1.807) is 6.92 Å². The van der Waals surface area contributed by atoms with Crippen molar-refractivity contribution in [1.29, 1.82) is 0 Å². The SMILES string of the molecule is Cc1ncnc(N(N)c2c(N)cc(Cl)cc2F)c1-c1ccc(F)cc1Cl. The molecule has 0 atom stereocenters. The minimum atomic E-state index is -0.718. The van der Waals surface area contributed by atoms with Gasteiger partial charge in [-0.05, 0) is 37.3 Å². The van der Waals surface area contributed by atoms with E-state index in [1.807, 2.05) is 0 Å². The van der Waals surface area contributed by atoms with E-state index >= 15 is 0 Å². The zero-order valence-electron chi connectivity index (χ0n) is 13.5. The van der Waals surface area contributed by atoms with Crippen LogP contribution in [0.1, 0.15) is 5.69 Å². The lowest BCUT2D eigenvalue weighted by atomic mass is 10.0. The second-order valence-corrected chi connectivity index (χ2v) is 6.32. The molecule has 4 N–H and O–H groups in total. The third-order valence-electron chi connectivity index (χ3n) is 3.74. The van der Waals surface area contributed by atoms with Crippen LogP contribution in [0.3, 0.4) is 0 Å². The molecule has 0 saturated heterocycles. The number of nitrogen functional groups attached to an aromatic ring is 1. The quantitative estimate of drug-likeness (QED) is 0.383. The molecule has 3 rings (SSSR count). The average Bonchev–Trinajstić information content (AvgIpc) is 2.54. The van der Waals surface area contributed by atoms with Gasteiger partial charge >= 0.3 is 0 Å². The van der Waals surface area contributed by atoms with Gasteiger partial charge in [0.1, 0.15) is 17.8 Å². The van der Waals surface area contributed by atoms with E-state index in [9.17, 15) is 8.78 Å². The number of hydrogen-bond donors (Lipinski definition) is 2. The Labute approximate surface area is 158 Å². The molecule has 0 amide bonds. The molecule has 1 heterocycles. The fraction of sp³-hybridized carbons (Fsp3) is 0.0588. The number of halogens is 4. The summed E-state index contributed by atoms with van der Waals surface area (Å²) in [6, 6.07) is 6.34. The van der Waals surface area contributed by atoms with E-state index < -0.39 is 11.6 Å². The summed E-state index contributed by atoms with van der Waals surface area (Å²) in [5.41, 5.74) is 7.19. The molecular weight excluding hydrogens is 383 g/mol. The lowest BCUT2D eigenvalue weighted by molar-refractivity contribution is 0.626. The van der Waals surface area contributed by atoms with Crippen molar-refractivity contribution in [3.05, 3.63) is 64.0 Å². The van der Waals surface area contributed by atoms with Crippen molar-refractivity contribution < 1.29 is 8.78 Å². The maximum absolute atomic E-state index is 14.4. The van der Waals surface area contributed by atoms with E-state index in [0.717, 1.165) is 17.1 Å². The van der Waals surface area contributed by atoms with Crippen LogP contribution in [0.5, 0.6) is 0 Å². The Balaban J connectivity index is 2.23. The van der Waals surface area contributed by atoms with Crippen molar-refractivity contribution in [2.45, 2.75) is 6.92 Å². The third kappa shape index (κ3) is 3.29. The van der Waals surface area contributed by atoms with Crippen molar-refractivity contribution in [2.75, 3.05) is 10.7 Å². The normalized spacial score (nSPS) is 10.8. The van der Waals surface area contributed by atoms with E-state index in [1.165, 1.54) is 24.5 Å². The summed E-state index contributed by atoms with van der Waals surface area (Å²) in [5.74, 6) is 5.06. The lowest BCUT2D eigenvalue weighted by Gasteiger charge is -2.23. The van der Waals surface area contributed by atoms with E-state index in [2.05, 4.69) is 9.97 Å². The van der Waals surface area contributed by atoms with Crippen LogP contribution in [-0.2, 0) is 0 Å². The van der Waals surface area contributed by atoms with Crippen molar-refractivity contribution in [3.8, 4) is 11.1 Å². The number of nitrogens with zero attached hydrogens (tertiary/aromatic N) is 3. The first-order chi connectivity index (χ1) is 12.3.